The summed E-state index contributed by atoms with van der Waals surface area (Å²) in [5.41, 5.74) is 5.39. The summed E-state index contributed by atoms with van der Waals surface area (Å²) < 4.78 is 0. The lowest BCUT2D eigenvalue weighted by Crippen LogP contribution is -1.99. The van der Waals surface area contributed by atoms with Crippen LogP contribution in [0.15, 0.2) is 118 Å². The molecule has 0 aliphatic heterocycles. The number of pyridine rings is 4. The first kappa shape index (κ1) is 27.8. The van der Waals surface area contributed by atoms with Gasteiger partial charge >= 0.3 is 0 Å². The monoisotopic (exact) mass is 606 g/mol. The number of aliphatic hydroxyl groups excluding tert-OH is 2. The average Bonchev–Trinajstić information content (AvgIpc) is 3.81. The predicted molar refractivity (Wildman–Crippen MR) is 174 cm³/mol. The fourth-order valence-corrected chi connectivity index (χ4v) is 4.51. The molecule has 14 nitrogen and oxygen atoms in total. The smallest absolute Gasteiger partial charge is 0.259 e. The minimum absolute atomic E-state index is 0.227. The van der Waals surface area contributed by atoms with Gasteiger partial charge in [-0.15, -0.1) is 10.2 Å². The molecule has 0 unspecified atom stereocenters. The molecule has 4 N–H and O–H groups in total. The Balaban J connectivity index is 1.10. The SMILES string of the molecule is O/C(=N\N=C\c1ccc2ccc3ccc(/C=N/N=C(\O)c4cc(-c5ccccn5)[nH]n4)nc3c2n1)c1cc(-c2ccccn2)[nH]n1. The van der Waals surface area contributed by atoms with Crippen LogP contribution in [-0.2, 0) is 0 Å². The van der Waals surface area contributed by atoms with E-state index >= 15 is 0 Å². The number of H-pyrrole nitrogens is 2. The van der Waals surface area contributed by atoms with E-state index in [9.17, 15) is 10.2 Å². The van der Waals surface area contributed by atoms with Crippen LogP contribution in [0.25, 0.3) is 44.6 Å². The van der Waals surface area contributed by atoms with Gasteiger partial charge in [0.15, 0.2) is 0 Å². The summed E-state index contributed by atoms with van der Waals surface area (Å²) in [7, 11) is 0. The van der Waals surface area contributed by atoms with E-state index in [-0.39, 0.29) is 23.2 Å². The second kappa shape index (κ2) is 12.3. The van der Waals surface area contributed by atoms with Crippen molar-refractivity contribution in [2.75, 3.05) is 0 Å². The number of fused-ring (bicyclic) bond motifs is 3. The molecular formula is C32H22N12O2. The van der Waals surface area contributed by atoms with E-state index in [1.165, 1.54) is 12.4 Å². The molecule has 0 fully saturated rings. The van der Waals surface area contributed by atoms with Gasteiger partial charge in [0.1, 0.15) is 11.4 Å². The summed E-state index contributed by atoms with van der Waals surface area (Å²) in [6.45, 7) is 0. The van der Waals surface area contributed by atoms with Gasteiger partial charge in [0.05, 0.1) is 57.6 Å². The fraction of sp³-hybridized carbons (Fsp3) is 0. The summed E-state index contributed by atoms with van der Waals surface area (Å²) in [4.78, 5) is 17.9. The summed E-state index contributed by atoms with van der Waals surface area (Å²) in [6, 6.07) is 25.5. The van der Waals surface area contributed by atoms with Crippen molar-refractivity contribution in [1.29, 1.82) is 0 Å². The third-order valence-corrected chi connectivity index (χ3v) is 6.74. The fourth-order valence-electron chi connectivity index (χ4n) is 4.51. The van der Waals surface area contributed by atoms with Gasteiger partial charge < -0.3 is 10.2 Å². The highest BCUT2D eigenvalue weighted by atomic mass is 16.3. The first-order chi connectivity index (χ1) is 22.6. The minimum Gasteiger partial charge on any atom is -0.491 e. The molecule has 0 radical (unpaired) electrons. The molecule has 0 atom stereocenters. The van der Waals surface area contributed by atoms with E-state index in [0.29, 0.717) is 45.2 Å². The van der Waals surface area contributed by atoms with Crippen molar-refractivity contribution in [3.05, 3.63) is 120 Å². The van der Waals surface area contributed by atoms with Gasteiger partial charge in [-0.2, -0.15) is 20.4 Å². The third kappa shape index (κ3) is 5.93. The Bertz CT molecular complexity index is 2130. The van der Waals surface area contributed by atoms with Crippen LogP contribution in [0.4, 0.5) is 0 Å². The van der Waals surface area contributed by atoms with Crippen LogP contribution < -0.4 is 0 Å². The number of aliphatic hydroxyl groups is 2. The molecule has 7 rings (SSSR count). The van der Waals surface area contributed by atoms with Crippen LogP contribution in [0.3, 0.4) is 0 Å². The molecule has 0 aliphatic rings. The van der Waals surface area contributed by atoms with Crippen molar-refractivity contribution in [3.8, 4) is 22.8 Å². The zero-order valence-electron chi connectivity index (χ0n) is 23.8. The lowest BCUT2D eigenvalue weighted by Gasteiger charge is -2.04. The Morgan fingerprint density at radius 1 is 0.587 bits per heavy atom. The second-order valence-corrected chi connectivity index (χ2v) is 9.78. The molecule has 1 aromatic carbocycles. The van der Waals surface area contributed by atoms with Crippen molar-refractivity contribution in [3.63, 3.8) is 0 Å². The highest BCUT2D eigenvalue weighted by molar-refractivity contribution is 6.04. The summed E-state index contributed by atoms with van der Waals surface area (Å²) in [5.74, 6) is -0.720. The quantitative estimate of drug-likeness (QED) is 0.0798. The van der Waals surface area contributed by atoms with Crippen LogP contribution in [-0.4, -0.2) is 74.8 Å². The number of aromatic nitrogens is 8. The van der Waals surface area contributed by atoms with Gasteiger partial charge in [0.2, 0.25) is 0 Å². The van der Waals surface area contributed by atoms with E-state index in [1.807, 2.05) is 60.7 Å². The Morgan fingerprint density at radius 2 is 1.04 bits per heavy atom. The molecule has 0 spiro atoms. The largest absolute Gasteiger partial charge is 0.491 e. The molecule has 0 aliphatic carbocycles. The molecule has 6 aromatic heterocycles. The predicted octanol–water partition coefficient (Wildman–Crippen LogP) is 5.03. The average molecular weight is 607 g/mol. The molecule has 0 amide bonds. The molecule has 46 heavy (non-hydrogen) atoms. The Hall–Kier alpha value is -6.96. The zero-order valence-corrected chi connectivity index (χ0v) is 23.8. The minimum atomic E-state index is -0.360. The standard InChI is InChI=1S/C32H22N12O2/c45-31(27-15-25(39-41-27)23-5-1-3-13-33-23)43-35-17-21-11-9-19-7-8-20-10-12-22(38-30(20)29(19)37-21)18-36-44-32(46)28-16-26(40-42-28)24-6-2-4-14-34-24/h1-18H,(H,39,41)(H,40,42)(H,43,45)(H,44,46)/b35-17+,36-18+. The summed E-state index contributed by atoms with van der Waals surface area (Å²) in [5, 5.41) is 52.0. The molecule has 222 valence electrons. The van der Waals surface area contributed by atoms with Gasteiger partial charge in [-0.1, -0.05) is 36.4 Å². The second-order valence-electron chi connectivity index (χ2n) is 9.78. The van der Waals surface area contributed by atoms with E-state index in [2.05, 4.69) is 50.8 Å². The number of aromatic amines is 2. The van der Waals surface area contributed by atoms with Gasteiger partial charge in [-0.25, -0.2) is 9.97 Å². The molecular weight excluding hydrogens is 584 g/mol. The number of rotatable bonds is 8. The highest BCUT2D eigenvalue weighted by Gasteiger charge is 2.11. The third-order valence-electron chi connectivity index (χ3n) is 6.74. The summed E-state index contributed by atoms with van der Waals surface area (Å²) >= 11 is 0. The van der Waals surface area contributed by atoms with Crippen LogP contribution in [0, 0.1) is 0 Å². The maximum absolute atomic E-state index is 10.4. The van der Waals surface area contributed by atoms with Gasteiger partial charge in [-0.05, 0) is 48.5 Å². The van der Waals surface area contributed by atoms with E-state index in [4.69, 9.17) is 9.97 Å². The number of nitrogens with zero attached hydrogens (tertiary/aromatic N) is 10. The number of benzene rings is 1. The lowest BCUT2D eigenvalue weighted by atomic mass is 10.1. The first-order valence-electron chi connectivity index (χ1n) is 13.9. The van der Waals surface area contributed by atoms with E-state index < -0.39 is 0 Å². The van der Waals surface area contributed by atoms with Crippen molar-refractivity contribution in [2.24, 2.45) is 20.4 Å². The maximum atomic E-state index is 10.4. The zero-order chi connectivity index (χ0) is 31.3. The normalized spacial score (nSPS) is 12.6. The van der Waals surface area contributed by atoms with Crippen molar-refractivity contribution in [1.82, 2.24) is 40.3 Å². The Labute approximate surface area is 259 Å². The molecule has 0 saturated carbocycles. The number of hydrogen-bond acceptors (Lipinski definition) is 10. The van der Waals surface area contributed by atoms with Crippen molar-refractivity contribution < 1.29 is 10.2 Å². The van der Waals surface area contributed by atoms with E-state index in [1.54, 1.807) is 36.7 Å². The van der Waals surface area contributed by atoms with Gasteiger partial charge in [-0.3, -0.25) is 20.2 Å². The highest BCUT2D eigenvalue weighted by Crippen LogP contribution is 2.23. The molecule has 0 saturated heterocycles. The first-order valence-corrected chi connectivity index (χ1v) is 13.9. The lowest BCUT2D eigenvalue weighted by molar-refractivity contribution is 0.547. The summed E-state index contributed by atoms with van der Waals surface area (Å²) in [6.07, 6.45) is 6.19. The molecule has 0 bridgehead atoms. The van der Waals surface area contributed by atoms with Crippen molar-refractivity contribution in [2.45, 2.75) is 0 Å². The van der Waals surface area contributed by atoms with Gasteiger partial charge in [0.25, 0.3) is 11.8 Å². The number of hydrogen-bond donors (Lipinski definition) is 4. The van der Waals surface area contributed by atoms with Crippen LogP contribution in [0.5, 0.6) is 0 Å². The molecule has 7 aromatic rings. The van der Waals surface area contributed by atoms with E-state index in [0.717, 1.165) is 10.8 Å². The number of nitrogens with one attached hydrogen (secondary N) is 2. The Morgan fingerprint density at radius 3 is 1.48 bits per heavy atom. The maximum Gasteiger partial charge on any atom is 0.259 e. The molecule has 14 heteroatoms. The van der Waals surface area contributed by atoms with Crippen LogP contribution >= 0.6 is 0 Å². The van der Waals surface area contributed by atoms with Gasteiger partial charge in [0, 0.05) is 23.2 Å². The Kier molecular flexibility index (Phi) is 7.47. The van der Waals surface area contributed by atoms with Crippen molar-refractivity contribution >= 4 is 46.0 Å². The van der Waals surface area contributed by atoms with Crippen LogP contribution in [0.1, 0.15) is 22.8 Å². The molecule has 6 heterocycles. The topological polar surface area (TPSA) is 199 Å². The van der Waals surface area contributed by atoms with Crippen LogP contribution in [0.2, 0.25) is 0 Å².